The molecule has 8 heteroatoms. The second-order valence-electron chi connectivity index (χ2n) is 4.61. The maximum Gasteiger partial charge on any atom is 0.234 e. The molecule has 0 aliphatic heterocycles. The van der Waals surface area contributed by atoms with Crippen molar-refractivity contribution in [3.63, 3.8) is 0 Å². The topological polar surface area (TPSA) is 59.8 Å². The van der Waals surface area contributed by atoms with Crippen LogP contribution in [0.5, 0.6) is 0 Å². The monoisotopic (exact) mass is 370 g/mol. The third kappa shape index (κ3) is 4.73. The molecule has 1 N–H and O–H groups in total. The quantitative estimate of drug-likeness (QED) is 0.589. The molecule has 0 unspecified atom stereocenters. The number of carbonyl (C=O) groups is 1. The number of nitrogens with zero attached hydrogens (tertiary/aromatic N) is 3. The predicted molar refractivity (Wildman–Crippen MR) is 95.4 cm³/mol. The van der Waals surface area contributed by atoms with Gasteiger partial charge in [-0.1, -0.05) is 48.0 Å². The molecule has 1 aromatic carbocycles. The highest BCUT2D eigenvalue weighted by atomic mass is 35.5. The molecule has 0 saturated heterocycles. The van der Waals surface area contributed by atoms with E-state index in [0.717, 1.165) is 12.2 Å². The van der Waals surface area contributed by atoms with Crippen LogP contribution in [-0.2, 0) is 17.8 Å². The first-order valence-corrected chi connectivity index (χ1v) is 8.70. The minimum absolute atomic E-state index is 0.189. The van der Waals surface area contributed by atoms with Crippen LogP contribution in [0.4, 0.5) is 5.69 Å². The number of aromatic nitrogens is 3. The molecule has 0 atom stereocenters. The van der Waals surface area contributed by atoms with Gasteiger partial charge in [-0.3, -0.25) is 4.79 Å². The van der Waals surface area contributed by atoms with Gasteiger partial charge in [0.05, 0.1) is 16.5 Å². The third-order valence-corrected chi connectivity index (χ3v) is 4.49. The highest BCUT2D eigenvalue weighted by Gasteiger charge is 2.13. The van der Waals surface area contributed by atoms with E-state index in [9.17, 15) is 4.79 Å². The molecule has 2 aromatic rings. The van der Waals surface area contributed by atoms with Gasteiger partial charge < -0.3 is 9.88 Å². The first-order chi connectivity index (χ1) is 11.0. The Kier molecular flexibility index (Phi) is 6.50. The van der Waals surface area contributed by atoms with Crippen molar-refractivity contribution in [1.29, 1.82) is 0 Å². The fourth-order valence-corrected chi connectivity index (χ4v) is 3.01. The van der Waals surface area contributed by atoms with E-state index in [2.05, 4.69) is 22.1 Å². The number of aryl methyl sites for hydroxylation is 1. The van der Waals surface area contributed by atoms with Crippen molar-refractivity contribution >= 4 is 46.6 Å². The van der Waals surface area contributed by atoms with Crippen LogP contribution in [0.3, 0.4) is 0 Å². The van der Waals surface area contributed by atoms with Crippen LogP contribution >= 0.6 is 35.0 Å². The summed E-state index contributed by atoms with van der Waals surface area (Å²) in [5.74, 6) is 0.873. The lowest BCUT2D eigenvalue weighted by Crippen LogP contribution is -2.15. The van der Waals surface area contributed by atoms with Crippen LogP contribution < -0.4 is 5.32 Å². The van der Waals surface area contributed by atoms with Gasteiger partial charge in [-0.05, 0) is 18.2 Å². The molecule has 0 bridgehead atoms. The molecule has 0 saturated carbocycles. The van der Waals surface area contributed by atoms with E-state index in [4.69, 9.17) is 23.2 Å². The first-order valence-electron chi connectivity index (χ1n) is 6.95. The molecule has 0 aliphatic carbocycles. The number of hydrogen-bond donors (Lipinski definition) is 1. The van der Waals surface area contributed by atoms with Crippen molar-refractivity contribution in [3.05, 3.63) is 46.7 Å². The Balaban J connectivity index is 2.00. The first kappa shape index (κ1) is 17.8. The SMILES string of the molecule is C=CCn1c(CC)nnc1SCC(=O)Nc1cc(Cl)ccc1Cl. The highest BCUT2D eigenvalue weighted by Crippen LogP contribution is 2.26. The van der Waals surface area contributed by atoms with Crippen LogP contribution in [0.25, 0.3) is 0 Å². The summed E-state index contributed by atoms with van der Waals surface area (Å²) in [6.45, 7) is 6.35. The molecular formula is C15H16Cl2N4OS. The molecule has 23 heavy (non-hydrogen) atoms. The summed E-state index contributed by atoms with van der Waals surface area (Å²) in [4.78, 5) is 12.1. The standard InChI is InChI=1S/C15H16Cl2N4OS/c1-3-7-21-13(4-2)19-20-15(21)23-9-14(22)18-12-8-10(16)5-6-11(12)17/h3,5-6,8H,1,4,7,9H2,2H3,(H,18,22). The minimum Gasteiger partial charge on any atom is -0.324 e. The molecule has 0 aliphatic rings. The van der Waals surface area contributed by atoms with Crippen LogP contribution in [0.15, 0.2) is 36.0 Å². The number of hydrogen-bond acceptors (Lipinski definition) is 4. The van der Waals surface area contributed by atoms with Gasteiger partial charge in [0, 0.05) is 18.0 Å². The normalized spacial score (nSPS) is 10.6. The summed E-state index contributed by atoms with van der Waals surface area (Å²) in [6, 6.07) is 4.92. The predicted octanol–water partition coefficient (Wildman–Crippen LogP) is 4.06. The van der Waals surface area contributed by atoms with Crippen molar-refractivity contribution in [3.8, 4) is 0 Å². The molecule has 2 rings (SSSR count). The lowest BCUT2D eigenvalue weighted by Gasteiger charge is -2.08. The number of benzene rings is 1. The van der Waals surface area contributed by atoms with Crippen molar-refractivity contribution in [2.45, 2.75) is 25.0 Å². The molecule has 0 radical (unpaired) electrons. The number of anilines is 1. The summed E-state index contributed by atoms with van der Waals surface area (Å²) in [5.41, 5.74) is 0.492. The molecule has 1 aromatic heterocycles. The van der Waals surface area contributed by atoms with Gasteiger partial charge in [0.15, 0.2) is 5.16 Å². The minimum atomic E-state index is -0.189. The second kappa shape index (κ2) is 8.38. The zero-order valence-corrected chi connectivity index (χ0v) is 14.9. The molecule has 0 fully saturated rings. The molecule has 1 heterocycles. The van der Waals surface area contributed by atoms with Gasteiger partial charge >= 0.3 is 0 Å². The molecule has 1 amide bonds. The smallest absolute Gasteiger partial charge is 0.234 e. The zero-order chi connectivity index (χ0) is 16.8. The lowest BCUT2D eigenvalue weighted by atomic mass is 10.3. The fourth-order valence-electron chi connectivity index (χ4n) is 1.91. The molecule has 0 spiro atoms. The van der Waals surface area contributed by atoms with Crippen LogP contribution in [0, 0.1) is 0 Å². The van der Waals surface area contributed by atoms with Gasteiger partial charge in [-0.15, -0.1) is 16.8 Å². The van der Waals surface area contributed by atoms with E-state index in [-0.39, 0.29) is 11.7 Å². The number of nitrogens with one attached hydrogen (secondary N) is 1. The van der Waals surface area contributed by atoms with Crippen LogP contribution in [-0.4, -0.2) is 26.4 Å². The fraction of sp³-hybridized carbons (Fsp3) is 0.267. The van der Waals surface area contributed by atoms with E-state index in [0.29, 0.717) is 27.4 Å². The van der Waals surface area contributed by atoms with Crippen molar-refractivity contribution in [1.82, 2.24) is 14.8 Å². The largest absolute Gasteiger partial charge is 0.324 e. The Morgan fingerprint density at radius 2 is 2.22 bits per heavy atom. The van der Waals surface area contributed by atoms with E-state index in [1.165, 1.54) is 11.8 Å². The summed E-state index contributed by atoms with van der Waals surface area (Å²) in [6.07, 6.45) is 2.55. The summed E-state index contributed by atoms with van der Waals surface area (Å²) in [5, 5.41) is 12.6. The van der Waals surface area contributed by atoms with Crippen molar-refractivity contribution in [2.24, 2.45) is 0 Å². The second-order valence-corrected chi connectivity index (χ2v) is 6.40. The number of amides is 1. The zero-order valence-electron chi connectivity index (χ0n) is 12.6. The van der Waals surface area contributed by atoms with Gasteiger partial charge in [0.25, 0.3) is 0 Å². The van der Waals surface area contributed by atoms with Crippen molar-refractivity contribution in [2.75, 3.05) is 11.1 Å². The number of carbonyl (C=O) groups excluding carboxylic acids is 1. The van der Waals surface area contributed by atoms with Gasteiger partial charge in [-0.2, -0.15) is 0 Å². The van der Waals surface area contributed by atoms with Gasteiger partial charge in [0.2, 0.25) is 5.91 Å². The number of rotatable bonds is 7. The number of thioether (sulfide) groups is 1. The Hall–Kier alpha value is -1.50. The highest BCUT2D eigenvalue weighted by molar-refractivity contribution is 7.99. The average molecular weight is 371 g/mol. The Labute approximate surface area is 149 Å². The number of halogens is 2. The molecule has 5 nitrogen and oxygen atoms in total. The Morgan fingerprint density at radius 3 is 2.91 bits per heavy atom. The molecule has 122 valence electrons. The Bertz CT molecular complexity index is 717. The maximum atomic E-state index is 12.1. The number of allylic oxidation sites excluding steroid dienone is 1. The Morgan fingerprint density at radius 1 is 1.43 bits per heavy atom. The average Bonchev–Trinajstić information content (AvgIpc) is 2.91. The van der Waals surface area contributed by atoms with E-state index < -0.39 is 0 Å². The lowest BCUT2D eigenvalue weighted by molar-refractivity contribution is -0.113. The van der Waals surface area contributed by atoms with Gasteiger partial charge in [0.1, 0.15) is 5.82 Å². The summed E-state index contributed by atoms with van der Waals surface area (Å²) < 4.78 is 1.94. The van der Waals surface area contributed by atoms with Crippen LogP contribution in [0.1, 0.15) is 12.7 Å². The van der Waals surface area contributed by atoms with Gasteiger partial charge in [-0.25, -0.2) is 0 Å². The maximum absolute atomic E-state index is 12.1. The van der Waals surface area contributed by atoms with E-state index >= 15 is 0 Å². The third-order valence-electron chi connectivity index (χ3n) is 2.96. The molecular weight excluding hydrogens is 355 g/mol. The van der Waals surface area contributed by atoms with Crippen molar-refractivity contribution < 1.29 is 4.79 Å². The summed E-state index contributed by atoms with van der Waals surface area (Å²) >= 11 is 13.2. The van der Waals surface area contributed by atoms with Crippen LogP contribution in [0.2, 0.25) is 10.0 Å². The van der Waals surface area contributed by atoms with E-state index in [1.807, 2.05) is 11.5 Å². The van der Waals surface area contributed by atoms with E-state index in [1.54, 1.807) is 24.3 Å². The summed E-state index contributed by atoms with van der Waals surface area (Å²) in [7, 11) is 0.